The molecule has 4 nitrogen and oxygen atoms in total. The van der Waals surface area contributed by atoms with Crippen LogP contribution in [0.15, 0.2) is 42.5 Å². The average Bonchev–Trinajstić information content (AvgIpc) is 2.53. The average molecular weight is 282 g/mol. The standard InChI is InChI=1S/C17H18N2O2/c1-21-16-7-3-2-6-14(16)17(20)19-10-4-5-12-11-13(18)8-9-15(12)19/h2-3,6-9,11H,4-5,10,18H2,1H3. The largest absolute Gasteiger partial charge is 0.496 e. The van der Waals surface area contributed by atoms with E-state index >= 15 is 0 Å². The van der Waals surface area contributed by atoms with E-state index in [4.69, 9.17) is 10.5 Å². The van der Waals surface area contributed by atoms with E-state index in [1.807, 2.05) is 35.2 Å². The molecular formula is C17H18N2O2. The number of nitrogens with two attached hydrogens (primary N) is 1. The van der Waals surface area contributed by atoms with Gasteiger partial charge in [0.15, 0.2) is 0 Å². The molecule has 0 saturated heterocycles. The predicted molar refractivity (Wildman–Crippen MR) is 83.8 cm³/mol. The van der Waals surface area contributed by atoms with Crippen molar-refractivity contribution in [2.45, 2.75) is 12.8 Å². The van der Waals surface area contributed by atoms with Gasteiger partial charge in [0, 0.05) is 17.9 Å². The first-order chi connectivity index (χ1) is 10.2. The molecule has 0 atom stereocenters. The van der Waals surface area contributed by atoms with Crippen LogP contribution in [0.1, 0.15) is 22.3 Å². The number of rotatable bonds is 2. The Morgan fingerprint density at radius 2 is 2.05 bits per heavy atom. The van der Waals surface area contributed by atoms with Crippen LogP contribution < -0.4 is 15.4 Å². The van der Waals surface area contributed by atoms with Gasteiger partial charge in [0.1, 0.15) is 5.75 Å². The Labute approximate surface area is 124 Å². The molecule has 0 unspecified atom stereocenters. The number of amides is 1. The molecule has 0 aromatic heterocycles. The summed E-state index contributed by atoms with van der Waals surface area (Å²) in [5, 5.41) is 0. The lowest BCUT2D eigenvalue weighted by molar-refractivity contribution is 0.0982. The molecule has 1 aliphatic heterocycles. The molecule has 1 aliphatic rings. The topological polar surface area (TPSA) is 55.6 Å². The Morgan fingerprint density at radius 1 is 1.24 bits per heavy atom. The fraction of sp³-hybridized carbons (Fsp3) is 0.235. The van der Waals surface area contributed by atoms with Crippen molar-refractivity contribution >= 4 is 17.3 Å². The summed E-state index contributed by atoms with van der Waals surface area (Å²) < 4.78 is 5.30. The number of fused-ring (bicyclic) bond motifs is 1. The van der Waals surface area contributed by atoms with Crippen LogP contribution in [0.25, 0.3) is 0 Å². The minimum absolute atomic E-state index is 0.0295. The van der Waals surface area contributed by atoms with Gasteiger partial charge in [-0.2, -0.15) is 0 Å². The molecule has 21 heavy (non-hydrogen) atoms. The van der Waals surface area contributed by atoms with Gasteiger partial charge >= 0.3 is 0 Å². The first-order valence-corrected chi connectivity index (χ1v) is 7.04. The van der Waals surface area contributed by atoms with Crippen LogP contribution in [0.4, 0.5) is 11.4 Å². The van der Waals surface area contributed by atoms with E-state index in [-0.39, 0.29) is 5.91 Å². The number of carbonyl (C=O) groups is 1. The molecule has 0 fully saturated rings. The van der Waals surface area contributed by atoms with E-state index in [1.165, 1.54) is 0 Å². The highest BCUT2D eigenvalue weighted by molar-refractivity contribution is 6.08. The molecule has 108 valence electrons. The summed E-state index contributed by atoms with van der Waals surface area (Å²) >= 11 is 0. The summed E-state index contributed by atoms with van der Waals surface area (Å²) in [6.07, 6.45) is 1.90. The van der Waals surface area contributed by atoms with E-state index < -0.39 is 0 Å². The Hall–Kier alpha value is -2.49. The molecule has 2 aromatic rings. The van der Waals surface area contributed by atoms with Crippen molar-refractivity contribution in [3.8, 4) is 5.75 Å². The Balaban J connectivity index is 2.00. The quantitative estimate of drug-likeness (QED) is 0.862. The van der Waals surface area contributed by atoms with Crippen molar-refractivity contribution in [3.63, 3.8) is 0 Å². The third-order valence-corrected chi connectivity index (χ3v) is 3.80. The Kier molecular flexibility index (Phi) is 3.52. The van der Waals surface area contributed by atoms with Crippen molar-refractivity contribution in [3.05, 3.63) is 53.6 Å². The highest BCUT2D eigenvalue weighted by Crippen LogP contribution is 2.31. The van der Waals surface area contributed by atoms with Gasteiger partial charge in [0.25, 0.3) is 5.91 Å². The van der Waals surface area contributed by atoms with Crippen molar-refractivity contribution in [1.29, 1.82) is 0 Å². The summed E-state index contributed by atoms with van der Waals surface area (Å²) in [7, 11) is 1.58. The number of nitrogen functional groups attached to an aromatic ring is 1. The van der Waals surface area contributed by atoms with Gasteiger partial charge < -0.3 is 15.4 Å². The van der Waals surface area contributed by atoms with E-state index in [0.29, 0.717) is 17.9 Å². The zero-order chi connectivity index (χ0) is 14.8. The molecule has 3 rings (SSSR count). The molecule has 2 N–H and O–H groups in total. The number of ether oxygens (including phenoxy) is 1. The summed E-state index contributed by atoms with van der Waals surface area (Å²) in [6.45, 7) is 0.716. The first kappa shape index (κ1) is 13.5. The zero-order valence-corrected chi connectivity index (χ0v) is 12.0. The van der Waals surface area contributed by atoms with Gasteiger partial charge in [0.05, 0.1) is 12.7 Å². The normalized spacial score (nSPS) is 13.7. The van der Waals surface area contributed by atoms with E-state index in [0.717, 1.165) is 29.8 Å². The zero-order valence-electron chi connectivity index (χ0n) is 12.0. The summed E-state index contributed by atoms with van der Waals surface area (Å²) in [5.41, 5.74) is 9.24. The number of aryl methyl sites for hydroxylation is 1. The number of hydrogen-bond acceptors (Lipinski definition) is 3. The highest BCUT2D eigenvalue weighted by Gasteiger charge is 2.25. The third-order valence-electron chi connectivity index (χ3n) is 3.80. The van der Waals surface area contributed by atoms with Crippen LogP contribution in [-0.4, -0.2) is 19.6 Å². The molecule has 1 amide bonds. The van der Waals surface area contributed by atoms with Crippen LogP contribution >= 0.6 is 0 Å². The van der Waals surface area contributed by atoms with Gasteiger partial charge in [-0.25, -0.2) is 0 Å². The van der Waals surface area contributed by atoms with Crippen molar-refractivity contribution < 1.29 is 9.53 Å². The van der Waals surface area contributed by atoms with E-state index in [2.05, 4.69) is 0 Å². The molecule has 0 aliphatic carbocycles. The van der Waals surface area contributed by atoms with E-state index in [1.54, 1.807) is 19.2 Å². The maximum atomic E-state index is 12.8. The lowest BCUT2D eigenvalue weighted by atomic mass is 10.00. The number of hydrogen-bond donors (Lipinski definition) is 1. The number of nitrogens with zero attached hydrogens (tertiary/aromatic N) is 1. The lowest BCUT2D eigenvalue weighted by Gasteiger charge is -2.30. The van der Waals surface area contributed by atoms with Crippen molar-refractivity contribution in [2.75, 3.05) is 24.3 Å². The second-order valence-electron chi connectivity index (χ2n) is 5.15. The Morgan fingerprint density at radius 3 is 2.86 bits per heavy atom. The maximum Gasteiger partial charge on any atom is 0.262 e. The number of para-hydroxylation sites is 1. The van der Waals surface area contributed by atoms with Crippen molar-refractivity contribution in [1.82, 2.24) is 0 Å². The van der Waals surface area contributed by atoms with Crippen LogP contribution in [-0.2, 0) is 6.42 Å². The third kappa shape index (κ3) is 2.44. The number of anilines is 2. The molecule has 0 saturated carbocycles. The molecule has 2 aromatic carbocycles. The molecule has 4 heteroatoms. The van der Waals surface area contributed by atoms with E-state index in [9.17, 15) is 4.79 Å². The van der Waals surface area contributed by atoms with Gasteiger partial charge in [-0.05, 0) is 48.7 Å². The minimum atomic E-state index is -0.0295. The van der Waals surface area contributed by atoms with Crippen molar-refractivity contribution in [2.24, 2.45) is 0 Å². The number of carbonyl (C=O) groups excluding carboxylic acids is 1. The lowest BCUT2D eigenvalue weighted by Crippen LogP contribution is -2.35. The van der Waals surface area contributed by atoms with Crippen LogP contribution in [0.2, 0.25) is 0 Å². The maximum absolute atomic E-state index is 12.8. The smallest absolute Gasteiger partial charge is 0.262 e. The van der Waals surface area contributed by atoms with Crippen LogP contribution in [0.3, 0.4) is 0 Å². The number of methoxy groups -OCH3 is 1. The fourth-order valence-corrected chi connectivity index (χ4v) is 2.79. The van der Waals surface area contributed by atoms with Gasteiger partial charge in [0.2, 0.25) is 0 Å². The van der Waals surface area contributed by atoms with Gasteiger partial charge in [-0.15, -0.1) is 0 Å². The van der Waals surface area contributed by atoms with Crippen LogP contribution in [0, 0.1) is 0 Å². The predicted octanol–water partition coefficient (Wildman–Crippen LogP) is 2.87. The molecule has 0 radical (unpaired) electrons. The van der Waals surface area contributed by atoms with Crippen LogP contribution in [0.5, 0.6) is 5.75 Å². The first-order valence-electron chi connectivity index (χ1n) is 7.04. The molecule has 0 bridgehead atoms. The fourth-order valence-electron chi connectivity index (χ4n) is 2.79. The molecule has 1 heterocycles. The molecule has 0 spiro atoms. The minimum Gasteiger partial charge on any atom is -0.496 e. The van der Waals surface area contributed by atoms with Gasteiger partial charge in [-0.3, -0.25) is 4.79 Å². The summed E-state index contributed by atoms with van der Waals surface area (Å²) in [4.78, 5) is 14.7. The number of benzene rings is 2. The second-order valence-corrected chi connectivity index (χ2v) is 5.15. The summed E-state index contributed by atoms with van der Waals surface area (Å²) in [6, 6.07) is 13.0. The highest BCUT2D eigenvalue weighted by atomic mass is 16.5. The monoisotopic (exact) mass is 282 g/mol. The molecular weight excluding hydrogens is 264 g/mol. The van der Waals surface area contributed by atoms with Gasteiger partial charge in [-0.1, -0.05) is 12.1 Å². The SMILES string of the molecule is COc1ccccc1C(=O)N1CCCc2cc(N)ccc21. The summed E-state index contributed by atoms with van der Waals surface area (Å²) in [5.74, 6) is 0.572. The second kappa shape index (κ2) is 5.48. The Bertz CT molecular complexity index is 682.